The molecule has 2 aromatic rings. The number of ether oxygens (including phenoxy) is 1. The summed E-state index contributed by atoms with van der Waals surface area (Å²) >= 11 is 0. The van der Waals surface area contributed by atoms with E-state index in [0.717, 1.165) is 0 Å². The molecule has 0 aliphatic rings. The number of amides is 1. The molecule has 0 saturated carbocycles. The number of benzene rings is 2. The average Bonchev–Trinajstić information content (AvgIpc) is 2.61. The molecule has 0 aliphatic heterocycles. The minimum absolute atomic E-state index is 0.0171. The van der Waals surface area contributed by atoms with Gasteiger partial charge in [-0.05, 0) is 25.1 Å². The van der Waals surface area contributed by atoms with Crippen molar-refractivity contribution >= 4 is 17.8 Å². The van der Waals surface area contributed by atoms with Crippen LogP contribution in [0.4, 0.5) is 4.79 Å². The first-order chi connectivity index (χ1) is 11.6. The van der Waals surface area contributed by atoms with Crippen molar-refractivity contribution in [2.75, 3.05) is 6.54 Å². The van der Waals surface area contributed by atoms with Gasteiger partial charge in [0.05, 0.1) is 11.1 Å². The molecule has 0 bridgehead atoms. The normalized spacial score (nSPS) is 9.92. The van der Waals surface area contributed by atoms with Gasteiger partial charge < -0.3 is 10.1 Å². The number of carbonyl (C=O) groups is 3. The maximum Gasteiger partial charge on any atom is 0.412 e. The molecule has 7 heteroatoms. The zero-order valence-corrected chi connectivity index (χ0v) is 12.8. The fourth-order valence-corrected chi connectivity index (χ4v) is 2.08. The van der Waals surface area contributed by atoms with E-state index in [0.29, 0.717) is 6.54 Å². The van der Waals surface area contributed by atoms with Gasteiger partial charge in [-0.25, -0.2) is 9.59 Å². The topological polar surface area (TPSA) is 102 Å². The Morgan fingerprint density at radius 2 is 1.54 bits per heavy atom. The largest absolute Gasteiger partial charge is 0.412 e. The van der Waals surface area contributed by atoms with Gasteiger partial charge in [-0.15, -0.1) is 0 Å². The van der Waals surface area contributed by atoms with E-state index in [1.165, 1.54) is 30.3 Å². The highest BCUT2D eigenvalue weighted by Crippen LogP contribution is 2.23. The van der Waals surface area contributed by atoms with E-state index in [4.69, 9.17) is 9.99 Å². The first-order valence-electron chi connectivity index (χ1n) is 7.12. The van der Waals surface area contributed by atoms with Gasteiger partial charge in [0.15, 0.2) is 5.78 Å². The molecule has 1 amide bonds. The summed E-state index contributed by atoms with van der Waals surface area (Å²) in [5.41, 5.74) is 0.0169. The highest BCUT2D eigenvalue weighted by molar-refractivity contribution is 6.15. The smallest absolute Gasteiger partial charge is 0.410 e. The summed E-state index contributed by atoms with van der Waals surface area (Å²) in [7, 11) is 0. The summed E-state index contributed by atoms with van der Waals surface area (Å²) < 4.78 is 5.12. The van der Waals surface area contributed by atoms with Crippen molar-refractivity contribution in [3.8, 4) is 5.75 Å². The van der Waals surface area contributed by atoms with Crippen molar-refractivity contribution in [2.45, 2.75) is 6.92 Å². The SMILES string of the molecule is CCNC(=O)Oc1ccccc1C(=O)c1ccccc1C(=O)OO. The molecule has 0 aromatic heterocycles. The fourth-order valence-electron chi connectivity index (χ4n) is 2.08. The molecule has 0 radical (unpaired) electrons. The van der Waals surface area contributed by atoms with Crippen molar-refractivity contribution in [1.29, 1.82) is 0 Å². The summed E-state index contributed by atoms with van der Waals surface area (Å²) in [6.07, 6.45) is -0.694. The molecule has 2 N–H and O–H groups in total. The van der Waals surface area contributed by atoms with Crippen LogP contribution in [0.25, 0.3) is 0 Å². The van der Waals surface area contributed by atoms with Crippen molar-refractivity contribution in [3.05, 3.63) is 65.2 Å². The lowest BCUT2D eigenvalue weighted by Crippen LogP contribution is -2.27. The highest BCUT2D eigenvalue weighted by Gasteiger charge is 2.22. The molecule has 124 valence electrons. The van der Waals surface area contributed by atoms with Crippen LogP contribution >= 0.6 is 0 Å². The summed E-state index contributed by atoms with van der Waals surface area (Å²) in [6.45, 7) is 2.11. The van der Waals surface area contributed by atoms with E-state index in [1.807, 2.05) is 0 Å². The van der Waals surface area contributed by atoms with Gasteiger partial charge in [0.1, 0.15) is 5.75 Å². The molecular weight excluding hydrogens is 314 g/mol. The van der Waals surface area contributed by atoms with Crippen LogP contribution in [0.15, 0.2) is 48.5 Å². The number of carbonyl (C=O) groups excluding carboxylic acids is 3. The van der Waals surface area contributed by atoms with Crippen LogP contribution in [0.5, 0.6) is 5.75 Å². The van der Waals surface area contributed by atoms with Gasteiger partial charge in [0, 0.05) is 12.1 Å². The van der Waals surface area contributed by atoms with Crippen LogP contribution < -0.4 is 10.1 Å². The van der Waals surface area contributed by atoms with E-state index in [-0.39, 0.29) is 22.4 Å². The standard InChI is InChI=1S/C17H15NO6/c1-2-18-17(21)23-14-10-6-5-9-13(14)15(19)11-7-3-4-8-12(11)16(20)24-22/h3-10,22H,2H2,1H3,(H,18,21). The number of hydrogen-bond acceptors (Lipinski definition) is 6. The Balaban J connectivity index is 2.41. The summed E-state index contributed by atoms with van der Waals surface area (Å²) in [5, 5.41) is 11.0. The van der Waals surface area contributed by atoms with Crippen LogP contribution in [0.2, 0.25) is 0 Å². The molecule has 0 unspecified atom stereocenters. The molecular formula is C17H15NO6. The number of para-hydroxylation sites is 1. The lowest BCUT2D eigenvalue weighted by molar-refractivity contribution is -0.182. The van der Waals surface area contributed by atoms with E-state index in [1.54, 1.807) is 25.1 Å². The van der Waals surface area contributed by atoms with Gasteiger partial charge in [-0.2, -0.15) is 5.26 Å². The number of rotatable bonds is 5. The van der Waals surface area contributed by atoms with Crippen LogP contribution in [0.1, 0.15) is 33.2 Å². The van der Waals surface area contributed by atoms with Crippen LogP contribution in [0, 0.1) is 0 Å². The van der Waals surface area contributed by atoms with E-state index < -0.39 is 17.8 Å². The van der Waals surface area contributed by atoms with Gasteiger partial charge in [-0.1, -0.05) is 30.3 Å². The van der Waals surface area contributed by atoms with Gasteiger partial charge in [0.25, 0.3) is 0 Å². The zero-order chi connectivity index (χ0) is 17.5. The summed E-state index contributed by atoms with van der Waals surface area (Å²) in [5.74, 6) is -1.54. The maximum atomic E-state index is 12.7. The Morgan fingerprint density at radius 1 is 0.958 bits per heavy atom. The average molecular weight is 329 g/mol. The van der Waals surface area contributed by atoms with Crippen LogP contribution in [-0.2, 0) is 4.89 Å². The predicted octanol–water partition coefficient (Wildman–Crippen LogP) is 2.66. The monoisotopic (exact) mass is 329 g/mol. The predicted molar refractivity (Wildman–Crippen MR) is 84.1 cm³/mol. The summed E-state index contributed by atoms with van der Waals surface area (Å²) in [4.78, 5) is 39.6. The van der Waals surface area contributed by atoms with Gasteiger partial charge >= 0.3 is 12.1 Å². The third-order valence-electron chi connectivity index (χ3n) is 3.13. The molecule has 0 atom stereocenters. The number of hydrogen-bond donors (Lipinski definition) is 2. The van der Waals surface area contributed by atoms with Crippen LogP contribution in [0.3, 0.4) is 0 Å². The van der Waals surface area contributed by atoms with Crippen molar-refractivity contribution in [2.24, 2.45) is 0 Å². The minimum atomic E-state index is -1.05. The lowest BCUT2D eigenvalue weighted by Gasteiger charge is -2.11. The first-order valence-corrected chi connectivity index (χ1v) is 7.12. The molecule has 2 aromatic carbocycles. The second kappa shape index (κ2) is 7.89. The maximum absolute atomic E-state index is 12.7. The lowest BCUT2D eigenvalue weighted by atomic mass is 9.98. The zero-order valence-electron chi connectivity index (χ0n) is 12.8. The molecule has 0 aliphatic carbocycles. The number of nitrogens with one attached hydrogen (secondary N) is 1. The Kier molecular flexibility index (Phi) is 5.64. The molecule has 0 spiro atoms. The van der Waals surface area contributed by atoms with E-state index in [9.17, 15) is 14.4 Å². The Bertz CT molecular complexity index is 771. The highest BCUT2D eigenvalue weighted by atomic mass is 17.1. The molecule has 2 rings (SSSR count). The minimum Gasteiger partial charge on any atom is -0.410 e. The number of ketones is 1. The third kappa shape index (κ3) is 3.76. The van der Waals surface area contributed by atoms with Crippen LogP contribution in [-0.4, -0.2) is 29.6 Å². The second-order valence-electron chi connectivity index (χ2n) is 4.67. The molecule has 24 heavy (non-hydrogen) atoms. The Labute approximate surface area is 137 Å². The quantitative estimate of drug-likeness (QED) is 0.497. The summed E-state index contributed by atoms with van der Waals surface area (Å²) in [6, 6.07) is 12.0. The fraction of sp³-hybridized carbons (Fsp3) is 0.118. The van der Waals surface area contributed by atoms with Gasteiger partial charge in [0.2, 0.25) is 0 Å². The molecule has 0 saturated heterocycles. The van der Waals surface area contributed by atoms with Gasteiger partial charge in [-0.3, -0.25) is 9.68 Å². The second-order valence-corrected chi connectivity index (χ2v) is 4.67. The van der Waals surface area contributed by atoms with E-state index >= 15 is 0 Å². The van der Waals surface area contributed by atoms with Crippen molar-refractivity contribution < 1.29 is 29.3 Å². The third-order valence-corrected chi connectivity index (χ3v) is 3.13. The Hall–Kier alpha value is -3.19. The Morgan fingerprint density at radius 3 is 2.17 bits per heavy atom. The first kappa shape index (κ1) is 17.2. The van der Waals surface area contributed by atoms with Crippen molar-refractivity contribution in [3.63, 3.8) is 0 Å². The van der Waals surface area contributed by atoms with Crippen molar-refractivity contribution in [1.82, 2.24) is 5.32 Å². The molecule has 0 heterocycles. The van der Waals surface area contributed by atoms with E-state index in [2.05, 4.69) is 10.2 Å². The molecule has 7 nitrogen and oxygen atoms in total. The molecule has 0 fully saturated rings.